The summed E-state index contributed by atoms with van der Waals surface area (Å²) in [5, 5.41) is 8.73. The van der Waals surface area contributed by atoms with Crippen molar-refractivity contribution in [2.24, 2.45) is 0 Å². The number of aliphatic carboxylic acids is 1. The van der Waals surface area contributed by atoms with E-state index in [2.05, 4.69) is 9.97 Å². The summed E-state index contributed by atoms with van der Waals surface area (Å²) in [5.41, 5.74) is 7.37. The van der Waals surface area contributed by atoms with Crippen LogP contribution < -0.4 is 5.73 Å². The fourth-order valence-electron chi connectivity index (χ4n) is 1.46. The quantitative estimate of drug-likeness (QED) is 0.829. The molecule has 3 N–H and O–H groups in total. The largest absolute Gasteiger partial charge is 0.481 e. The van der Waals surface area contributed by atoms with E-state index in [0.717, 1.165) is 5.56 Å². The molecule has 0 atom stereocenters. The van der Waals surface area contributed by atoms with Crippen LogP contribution in [0.2, 0.25) is 0 Å². The summed E-state index contributed by atoms with van der Waals surface area (Å²) in [5.74, 6) is -0.816. The molecule has 0 aliphatic carbocycles. The monoisotopic (exact) mass is 229 g/mol. The van der Waals surface area contributed by atoms with Crippen LogP contribution in [0.3, 0.4) is 0 Å². The van der Waals surface area contributed by atoms with Gasteiger partial charge >= 0.3 is 5.97 Å². The van der Waals surface area contributed by atoms with E-state index >= 15 is 0 Å². The summed E-state index contributed by atoms with van der Waals surface area (Å²) in [7, 11) is 0. The van der Waals surface area contributed by atoms with Crippen molar-refractivity contribution in [3.63, 3.8) is 0 Å². The van der Waals surface area contributed by atoms with E-state index in [1.54, 1.807) is 0 Å². The van der Waals surface area contributed by atoms with Crippen LogP contribution in [0, 0.1) is 0 Å². The van der Waals surface area contributed by atoms with E-state index < -0.39 is 5.97 Å². The number of anilines is 1. The normalized spacial score (nSPS) is 10.1. The highest BCUT2D eigenvalue weighted by Crippen LogP contribution is 2.18. The highest BCUT2D eigenvalue weighted by molar-refractivity contribution is 5.72. The van der Waals surface area contributed by atoms with Crippen molar-refractivity contribution in [2.75, 3.05) is 5.73 Å². The summed E-state index contributed by atoms with van der Waals surface area (Å²) in [4.78, 5) is 18.8. The van der Waals surface area contributed by atoms with Gasteiger partial charge in [0, 0.05) is 5.56 Å². The van der Waals surface area contributed by atoms with Gasteiger partial charge in [0.25, 0.3) is 0 Å². The Kier molecular flexibility index (Phi) is 3.00. The van der Waals surface area contributed by atoms with Crippen molar-refractivity contribution in [2.45, 2.75) is 6.42 Å². The Balaban J connectivity index is 2.41. The van der Waals surface area contributed by atoms with Crippen molar-refractivity contribution in [1.29, 1.82) is 0 Å². The number of carboxylic acids is 1. The van der Waals surface area contributed by atoms with Gasteiger partial charge in [-0.15, -0.1) is 0 Å². The first kappa shape index (κ1) is 11.1. The predicted octanol–water partition coefficient (Wildman–Crippen LogP) is 1.35. The van der Waals surface area contributed by atoms with Gasteiger partial charge in [-0.05, 0) is 0 Å². The maximum atomic E-state index is 10.6. The average molecular weight is 229 g/mol. The Hall–Kier alpha value is -2.43. The molecule has 86 valence electrons. The number of aromatic nitrogens is 2. The zero-order chi connectivity index (χ0) is 12.3. The number of rotatable bonds is 3. The van der Waals surface area contributed by atoms with Crippen molar-refractivity contribution in [3.8, 4) is 11.3 Å². The molecular weight excluding hydrogens is 218 g/mol. The van der Waals surface area contributed by atoms with Crippen LogP contribution in [0.25, 0.3) is 11.3 Å². The Morgan fingerprint density at radius 2 is 2.00 bits per heavy atom. The number of nitrogen functional groups attached to an aromatic ring is 1. The number of nitrogens with zero attached hydrogens (tertiary/aromatic N) is 2. The molecule has 0 unspecified atom stereocenters. The van der Waals surface area contributed by atoms with Gasteiger partial charge in [-0.2, -0.15) is 0 Å². The second-order valence-corrected chi connectivity index (χ2v) is 3.52. The van der Waals surface area contributed by atoms with Gasteiger partial charge < -0.3 is 10.8 Å². The highest BCUT2D eigenvalue weighted by Gasteiger charge is 2.09. The summed E-state index contributed by atoms with van der Waals surface area (Å²) < 4.78 is 0. The van der Waals surface area contributed by atoms with Gasteiger partial charge in [-0.3, -0.25) is 4.79 Å². The molecule has 0 saturated heterocycles. The van der Waals surface area contributed by atoms with Crippen LogP contribution in [0.1, 0.15) is 5.69 Å². The van der Waals surface area contributed by atoms with E-state index in [-0.39, 0.29) is 12.2 Å². The number of benzene rings is 1. The first-order valence-corrected chi connectivity index (χ1v) is 5.05. The Labute approximate surface area is 98.0 Å². The molecule has 1 aromatic carbocycles. The molecule has 5 heteroatoms. The number of nitrogens with two attached hydrogens (primary N) is 1. The van der Waals surface area contributed by atoms with Crippen LogP contribution >= 0.6 is 0 Å². The summed E-state index contributed by atoms with van der Waals surface area (Å²) in [6.07, 6.45) is 1.32. The van der Waals surface area contributed by atoms with Gasteiger partial charge in [0.15, 0.2) is 0 Å². The van der Waals surface area contributed by atoms with Gasteiger partial charge in [-0.1, -0.05) is 30.3 Å². The van der Waals surface area contributed by atoms with Crippen LogP contribution in [0.5, 0.6) is 0 Å². The second-order valence-electron chi connectivity index (χ2n) is 3.52. The first-order valence-electron chi connectivity index (χ1n) is 5.05. The molecule has 5 nitrogen and oxygen atoms in total. The minimum absolute atomic E-state index is 0.159. The molecule has 0 fully saturated rings. The minimum Gasteiger partial charge on any atom is -0.481 e. The SMILES string of the molecule is Nc1ncc(-c2ccccc2)nc1CC(=O)O. The van der Waals surface area contributed by atoms with Crippen molar-refractivity contribution >= 4 is 11.8 Å². The van der Waals surface area contributed by atoms with E-state index in [9.17, 15) is 4.79 Å². The fourth-order valence-corrected chi connectivity index (χ4v) is 1.46. The topological polar surface area (TPSA) is 89.1 Å². The number of carboxylic acid groups (broad SMARTS) is 1. The molecule has 2 rings (SSSR count). The second kappa shape index (κ2) is 4.61. The Morgan fingerprint density at radius 3 is 2.65 bits per heavy atom. The maximum absolute atomic E-state index is 10.6. The molecule has 0 amide bonds. The molecule has 0 radical (unpaired) electrons. The maximum Gasteiger partial charge on any atom is 0.309 e. The lowest BCUT2D eigenvalue weighted by atomic mass is 10.1. The number of hydrogen-bond acceptors (Lipinski definition) is 4. The van der Waals surface area contributed by atoms with Gasteiger partial charge in [0.1, 0.15) is 5.82 Å². The average Bonchev–Trinajstić information content (AvgIpc) is 2.32. The Bertz CT molecular complexity index is 541. The van der Waals surface area contributed by atoms with Crippen molar-refractivity contribution in [3.05, 3.63) is 42.2 Å². The zero-order valence-corrected chi connectivity index (χ0v) is 9.00. The molecular formula is C12H11N3O2. The smallest absolute Gasteiger partial charge is 0.309 e. The molecule has 17 heavy (non-hydrogen) atoms. The Morgan fingerprint density at radius 1 is 1.29 bits per heavy atom. The molecule has 0 saturated carbocycles. The van der Waals surface area contributed by atoms with E-state index in [1.165, 1.54) is 6.20 Å². The minimum atomic E-state index is -0.976. The summed E-state index contributed by atoms with van der Waals surface area (Å²) in [6, 6.07) is 9.41. The van der Waals surface area contributed by atoms with Crippen molar-refractivity contribution < 1.29 is 9.90 Å². The lowest BCUT2D eigenvalue weighted by molar-refractivity contribution is -0.136. The van der Waals surface area contributed by atoms with E-state index in [4.69, 9.17) is 10.8 Å². The van der Waals surface area contributed by atoms with Crippen LogP contribution in [0.15, 0.2) is 36.5 Å². The highest BCUT2D eigenvalue weighted by atomic mass is 16.4. The molecule has 0 bridgehead atoms. The lowest BCUT2D eigenvalue weighted by Gasteiger charge is -2.05. The van der Waals surface area contributed by atoms with Crippen LogP contribution in [-0.4, -0.2) is 21.0 Å². The third kappa shape index (κ3) is 2.57. The fraction of sp³-hybridized carbons (Fsp3) is 0.0833. The predicted molar refractivity (Wildman–Crippen MR) is 63.2 cm³/mol. The third-order valence-corrected chi connectivity index (χ3v) is 2.27. The van der Waals surface area contributed by atoms with Gasteiger partial charge in [0.2, 0.25) is 0 Å². The zero-order valence-electron chi connectivity index (χ0n) is 9.00. The lowest BCUT2D eigenvalue weighted by Crippen LogP contribution is -2.08. The number of hydrogen-bond donors (Lipinski definition) is 2. The summed E-state index contributed by atoms with van der Waals surface area (Å²) >= 11 is 0. The number of carbonyl (C=O) groups is 1. The summed E-state index contributed by atoms with van der Waals surface area (Å²) in [6.45, 7) is 0. The molecule has 1 aromatic heterocycles. The molecule has 0 aliphatic rings. The molecule has 0 spiro atoms. The standard InChI is InChI=1S/C12H11N3O2/c13-12-9(6-11(16)17)15-10(7-14-12)8-4-2-1-3-5-8/h1-5,7H,6H2,(H2,13,14)(H,16,17). The first-order chi connectivity index (χ1) is 8.16. The third-order valence-electron chi connectivity index (χ3n) is 2.27. The molecule has 2 aromatic rings. The molecule has 0 aliphatic heterocycles. The van der Waals surface area contributed by atoms with Crippen molar-refractivity contribution in [1.82, 2.24) is 9.97 Å². The van der Waals surface area contributed by atoms with Gasteiger partial charge in [-0.25, -0.2) is 9.97 Å². The molecule has 1 heterocycles. The van der Waals surface area contributed by atoms with Crippen LogP contribution in [0.4, 0.5) is 5.82 Å². The van der Waals surface area contributed by atoms with Gasteiger partial charge in [0.05, 0.1) is 24.0 Å². The van der Waals surface area contributed by atoms with Crippen LogP contribution in [-0.2, 0) is 11.2 Å². The van der Waals surface area contributed by atoms with E-state index in [0.29, 0.717) is 11.4 Å². The van der Waals surface area contributed by atoms with E-state index in [1.807, 2.05) is 30.3 Å².